The average Bonchev–Trinajstić information content (AvgIpc) is 2.48. The van der Waals surface area contributed by atoms with Crippen LogP contribution in [0.3, 0.4) is 0 Å². The summed E-state index contributed by atoms with van der Waals surface area (Å²) in [7, 11) is 0. The van der Waals surface area contributed by atoms with Crippen LogP contribution in [-0.4, -0.2) is 81.0 Å². The molecule has 0 saturated carbocycles. The number of aliphatic carboxylic acids is 2. The van der Waals surface area contributed by atoms with Gasteiger partial charge in [-0.2, -0.15) is 25.3 Å². The van der Waals surface area contributed by atoms with E-state index in [1.807, 2.05) is 6.92 Å². The van der Waals surface area contributed by atoms with E-state index in [4.69, 9.17) is 29.9 Å². The first-order valence-electron chi connectivity index (χ1n) is 8.63. The second kappa shape index (κ2) is 20.2. The summed E-state index contributed by atoms with van der Waals surface area (Å²) < 4.78 is 10.5. The van der Waals surface area contributed by atoms with Crippen LogP contribution in [0.1, 0.15) is 47.5 Å². The van der Waals surface area contributed by atoms with Crippen LogP contribution in [0, 0.1) is 0 Å². The van der Waals surface area contributed by atoms with Crippen molar-refractivity contribution in [2.45, 2.75) is 76.3 Å². The molecule has 0 aromatic rings. The molecular weight excluding hydrogens is 396 g/mol. The zero-order valence-electron chi connectivity index (χ0n) is 16.7. The van der Waals surface area contributed by atoms with Crippen LogP contribution in [0.25, 0.3) is 0 Å². The van der Waals surface area contributed by atoms with Gasteiger partial charge in [-0.25, -0.2) is 0 Å². The Labute approximate surface area is 173 Å². The zero-order valence-corrected chi connectivity index (χ0v) is 18.5. The van der Waals surface area contributed by atoms with Crippen molar-refractivity contribution in [3.05, 3.63) is 0 Å². The number of aliphatic hydroxyl groups is 2. The van der Waals surface area contributed by atoms with Gasteiger partial charge in [0.25, 0.3) is 0 Å². The van der Waals surface area contributed by atoms with Gasteiger partial charge in [0.1, 0.15) is 0 Å². The molecule has 8 nitrogen and oxygen atoms in total. The number of carbonyl (C=O) groups is 2. The molecule has 0 aliphatic carbocycles. The normalized spacial score (nSPS) is 15.7. The first-order chi connectivity index (χ1) is 12.3. The van der Waals surface area contributed by atoms with Gasteiger partial charge >= 0.3 is 11.9 Å². The summed E-state index contributed by atoms with van der Waals surface area (Å²) in [5.74, 6) is -1.58. The minimum absolute atomic E-state index is 0.0170. The second-order valence-electron chi connectivity index (χ2n) is 6.21. The Kier molecular flexibility index (Phi) is 23.4. The molecule has 0 aromatic carbocycles. The van der Waals surface area contributed by atoms with Crippen LogP contribution >= 0.6 is 25.3 Å². The minimum atomic E-state index is -0.789. The summed E-state index contributed by atoms with van der Waals surface area (Å²) in [4.78, 5) is 19.5. The van der Waals surface area contributed by atoms with Gasteiger partial charge in [-0.05, 0) is 20.8 Å². The van der Waals surface area contributed by atoms with Crippen LogP contribution in [0.4, 0.5) is 0 Å². The SMILES string of the molecule is CC(O)COC(C)COC(C)CO.CC(S)CC(=O)O.CC(S)CC(=O)O. The monoisotopic (exact) mass is 432 g/mol. The summed E-state index contributed by atoms with van der Waals surface area (Å²) >= 11 is 7.71. The van der Waals surface area contributed by atoms with Crippen LogP contribution in [-0.2, 0) is 19.1 Å². The van der Waals surface area contributed by atoms with Gasteiger partial charge in [-0.1, -0.05) is 13.8 Å². The quantitative estimate of drug-likeness (QED) is 0.272. The van der Waals surface area contributed by atoms with Gasteiger partial charge in [0, 0.05) is 10.5 Å². The largest absolute Gasteiger partial charge is 0.481 e. The number of hydrogen-bond acceptors (Lipinski definition) is 8. The molecule has 0 radical (unpaired) electrons. The Bertz CT molecular complexity index is 345. The lowest BCUT2D eigenvalue weighted by Gasteiger charge is -2.16. The number of rotatable bonds is 11. The van der Waals surface area contributed by atoms with Gasteiger partial charge in [-0.15, -0.1) is 0 Å². The molecule has 0 aromatic heterocycles. The maximum absolute atomic E-state index is 9.76. The van der Waals surface area contributed by atoms with Crippen molar-refractivity contribution in [3.63, 3.8) is 0 Å². The number of carboxylic acids is 2. The van der Waals surface area contributed by atoms with Crippen LogP contribution in [0.2, 0.25) is 0 Å². The van der Waals surface area contributed by atoms with Gasteiger partial charge in [-0.3, -0.25) is 9.59 Å². The summed E-state index contributed by atoms with van der Waals surface area (Å²) in [6.07, 6.45) is -0.370. The van der Waals surface area contributed by atoms with E-state index in [0.29, 0.717) is 13.2 Å². The molecule has 0 rings (SSSR count). The summed E-state index contributed by atoms with van der Waals surface area (Å²) in [5.41, 5.74) is 0. The highest BCUT2D eigenvalue weighted by atomic mass is 32.1. The van der Waals surface area contributed by atoms with Crippen molar-refractivity contribution in [1.82, 2.24) is 0 Å². The number of aliphatic hydroxyl groups excluding tert-OH is 2. The molecule has 0 saturated heterocycles. The van der Waals surface area contributed by atoms with Crippen molar-refractivity contribution in [3.8, 4) is 0 Å². The lowest BCUT2D eigenvalue weighted by atomic mass is 10.3. The maximum atomic E-state index is 9.76. The third-order valence-corrected chi connectivity index (χ3v) is 2.80. The van der Waals surface area contributed by atoms with Crippen molar-refractivity contribution in [2.75, 3.05) is 19.8 Å². The first-order valence-corrected chi connectivity index (χ1v) is 9.66. The molecule has 27 heavy (non-hydrogen) atoms. The van der Waals surface area contributed by atoms with Gasteiger partial charge in [0.15, 0.2) is 0 Å². The molecular formula is C17H36O8S2. The number of carboxylic acid groups (broad SMARTS) is 2. The van der Waals surface area contributed by atoms with E-state index >= 15 is 0 Å². The fraction of sp³-hybridized carbons (Fsp3) is 0.882. The fourth-order valence-corrected chi connectivity index (χ4v) is 1.52. The van der Waals surface area contributed by atoms with E-state index in [9.17, 15) is 9.59 Å². The van der Waals surface area contributed by atoms with E-state index in [1.165, 1.54) is 0 Å². The molecule has 0 aliphatic heterocycles. The zero-order chi connectivity index (χ0) is 22.0. The molecule has 0 bridgehead atoms. The smallest absolute Gasteiger partial charge is 0.304 e. The Balaban J connectivity index is -0.000000350. The van der Waals surface area contributed by atoms with Gasteiger partial charge in [0.05, 0.1) is 51.0 Å². The minimum Gasteiger partial charge on any atom is -0.481 e. The highest BCUT2D eigenvalue weighted by Gasteiger charge is 2.07. The van der Waals surface area contributed by atoms with Crippen molar-refractivity contribution in [1.29, 1.82) is 0 Å². The summed E-state index contributed by atoms with van der Waals surface area (Å²) in [5, 5.41) is 33.6. The Hall–Kier alpha value is -0.520. The van der Waals surface area contributed by atoms with E-state index in [0.717, 1.165) is 0 Å². The molecule has 164 valence electrons. The maximum Gasteiger partial charge on any atom is 0.304 e. The molecule has 0 fully saturated rings. The molecule has 0 aliphatic rings. The molecule has 10 heteroatoms. The van der Waals surface area contributed by atoms with Crippen molar-refractivity contribution < 1.29 is 39.5 Å². The highest BCUT2D eigenvalue weighted by molar-refractivity contribution is 7.81. The molecule has 0 heterocycles. The van der Waals surface area contributed by atoms with E-state index in [-0.39, 0.29) is 42.2 Å². The molecule has 0 amide bonds. The highest BCUT2D eigenvalue weighted by Crippen LogP contribution is 1.98. The fourth-order valence-electron chi connectivity index (χ4n) is 1.21. The molecule has 5 atom stereocenters. The number of ether oxygens (including phenoxy) is 2. The van der Waals surface area contributed by atoms with E-state index in [1.54, 1.807) is 27.7 Å². The number of hydrogen-bond donors (Lipinski definition) is 6. The Morgan fingerprint density at radius 3 is 1.41 bits per heavy atom. The third kappa shape index (κ3) is 37.0. The van der Waals surface area contributed by atoms with Gasteiger partial charge < -0.3 is 29.9 Å². The Morgan fingerprint density at radius 1 is 0.815 bits per heavy atom. The van der Waals surface area contributed by atoms with Crippen LogP contribution < -0.4 is 0 Å². The van der Waals surface area contributed by atoms with Crippen molar-refractivity contribution >= 4 is 37.2 Å². The standard InChI is InChI=1S/C9H20O4.2C4H8O2S/c1-7(11)5-12-9(3)6-13-8(2)4-10;2*1-3(7)2-4(5)6/h7-11H,4-6H2,1-3H3;2*3,7H,2H2,1H3,(H,5,6). The average molecular weight is 433 g/mol. The molecule has 5 unspecified atom stereocenters. The Morgan fingerprint density at radius 2 is 1.19 bits per heavy atom. The summed E-state index contributed by atoms with van der Waals surface area (Å²) in [6, 6.07) is 0. The van der Waals surface area contributed by atoms with Crippen molar-refractivity contribution in [2.24, 2.45) is 0 Å². The molecule has 4 N–H and O–H groups in total. The predicted octanol–water partition coefficient (Wildman–Crippen LogP) is 1.73. The molecule has 0 spiro atoms. The summed E-state index contributed by atoms with van der Waals surface area (Å²) in [6.45, 7) is 9.60. The van der Waals surface area contributed by atoms with Crippen LogP contribution in [0.5, 0.6) is 0 Å². The second-order valence-corrected chi connectivity index (χ2v) is 7.98. The lowest BCUT2D eigenvalue weighted by Crippen LogP contribution is -2.24. The number of thiol groups is 2. The van der Waals surface area contributed by atoms with E-state index < -0.39 is 18.0 Å². The predicted molar refractivity (Wildman–Crippen MR) is 111 cm³/mol. The third-order valence-electron chi connectivity index (χ3n) is 2.43. The van der Waals surface area contributed by atoms with E-state index in [2.05, 4.69) is 25.3 Å². The van der Waals surface area contributed by atoms with Crippen LogP contribution in [0.15, 0.2) is 0 Å². The van der Waals surface area contributed by atoms with Gasteiger partial charge in [0.2, 0.25) is 0 Å². The topological polar surface area (TPSA) is 134 Å². The lowest BCUT2D eigenvalue weighted by molar-refractivity contribution is -0.137. The first kappa shape index (κ1) is 31.2.